The van der Waals surface area contributed by atoms with E-state index >= 15 is 0 Å². The molecule has 7 heteroatoms. The van der Waals surface area contributed by atoms with E-state index in [0.29, 0.717) is 37.3 Å². The van der Waals surface area contributed by atoms with Crippen LogP contribution in [0.2, 0.25) is 0 Å². The molecule has 1 saturated carbocycles. The summed E-state index contributed by atoms with van der Waals surface area (Å²) in [6.45, 7) is 0.297. The minimum atomic E-state index is -0.429. The zero-order chi connectivity index (χ0) is 18.5. The maximum Gasteiger partial charge on any atom is 0.305 e. The number of ketones is 1. The molecule has 0 aliphatic heterocycles. The minimum Gasteiger partial charge on any atom is -0.511 e. The highest BCUT2D eigenvalue weighted by atomic mass is 16.5. The summed E-state index contributed by atoms with van der Waals surface area (Å²) in [5.41, 5.74) is 2.61. The standard InChI is InChI=1S/C19H21N3O4/c1-26-18(25)10-9-16(24)19-14(7-4-8-15(19)23)20-11-17-21-12-5-2-3-6-13(12)22-17/h2-3,5-6,24H,4,7-11H2,1H3,(H,21,22)/b19-16-,20-14?. The molecule has 0 unspecified atom stereocenters. The summed E-state index contributed by atoms with van der Waals surface area (Å²) in [6.07, 6.45) is 1.78. The van der Waals surface area contributed by atoms with Gasteiger partial charge in [0.2, 0.25) is 0 Å². The maximum absolute atomic E-state index is 12.3. The number of para-hydroxylation sites is 2. The van der Waals surface area contributed by atoms with E-state index in [1.807, 2.05) is 24.3 Å². The van der Waals surface area contributed by atoms with Crippen molar-refractivity contribution in [3.05, 3.63) is 41.4 Å². The molecule has 0 radical (unpaired) electrons. The third-order valence-corrected chi connectivity index (χ3v) is 4.33. The normalized spacial score (nSPS) is 18.3. The molecule has 0 bridgehead atoms. The van der Waals surface area contributed by atoms with Crippen molar-refractivity contribution in [2.45, 2.75) is 38.6 Å². The van der Waals surface area contributed by atoms with Crippen LogP contribution in [-0.2, 0) is 20.9 Å². The van der Waals surface area contributed by atoms with Crippen molar-refractivity contribution in [3.63, 3.8) is 0 Å². The van der Waals surface area contributed by atoms with E-state index in [-0.39, 0.29) is 30.0 Å². The molecule has 3 rings (SSSR count). The van der Waals surface area contributed by atoms with E-state index in [4.69, 9.17) is 0 Å². The van der Waals surface area contributed by atoms with Crippen LogP contribution in [0.1, 0.15) is 37.9 Å². The first-order chi connectivity index (χ1) is 12.6. The first kappa shape index (κ1) is 17.8. The number of methoxy groups -OCH3 is 1. The average Bonchev–Trinajstić information content (AvgIpc) is 3.07. The van der Waals surface area contributed by atoms with Crippen molar-refractivity contribution in [1.82, 2.24) is 9.97 Å². The molecule has 136 valence electrons. The molecule has 26 heavy (non-hydrogen) atoms. The lowest BCUT2D eigenvalue weighted by Gasteiger charge is -2.17. The number of hydrogen-bond acceptors (Lipinski definition) is 6. The second kappa shape index (κ2) is 7.95. The number of hydrogen-bond donors (Lipinski definition) is 2. The summed E-state index contributed by atoms with van der Waals surface area (Å²) in [7, 11) is 1.29. The molecule has 0 spiro atoms. The van der Waals surface area contributed by atoms with Crippen LogP contribution < -0.4 is 0 Å². The number of nitrogens with zero attached hydrogens (tertiary/aromatic N) is 2. The molecule has 2 aromatic rings. The Kier molecular flexibility index (Phi) is 5.46. The highest BCUT2D eigenvalue weighted by Crippen LogP contribution is 2.23. The van der Waals surface area contributed by atoms with Crippen molar-refractivity contribution in [2.75, 3.05) is 7.11 Å². The number of fused-ring (bicyclic) bond motifs is 1. The highest BCUT2D eigenvalue weighted by molar-refractivity contribution is 6.24. The monoisotopic (exact) mass is 355 g/mol. The Balaban J connectivity index is 1.81. The van der Waals surface area contributed by atoms with Crippen LogP contribution in [0.25, 0.3) is 11.0 Å². The van der Waals surface area contributed by atoms with Gasteiger partial charge in [0.25, 0.3) is 0 Å². The molecular weight excluding hydrogens is 334 g/mol. The van der Waals surface area contributed by atoms with Crippen molar-refractivity contribution < 1.29 is 19.4 Å². The zero-order valence-electron chi connectivity index (χ0n) is 14.6. The Labute approximate surface area is 150 Å². The van der Waals surface area contributed by atoms with Crippen LogP contribution in [0.15, 0.2) is 40.6 Å². The fourth-order valence-electron chi connectivity index (χ4n) is 3.01. The van der Waals surface area contributed by atoms with Gasteiger partial charge in [-0.3, -0.25) is 14.6 Å². The summed E-state index contributed by atoms with van der Waals surface area (Å²) < 4.78 is 4.58. The summed E-state index contributed by atoms with van der Waals surface area (Å²) >= 11 is 0. The van der Waals surface area contributed by atoms with E-state index in [9.17, 15) is 14.7 Å². The van der Waals surface area contributed by atoms with Crippen LogP contribution in [0.3, 0.4) is 0 Å². The lowest BCUT2D eigenvalue weighted by Crippen LogP contribution is -2.22. The molecular formula is C19H21N3O4. The minimum absolute atomic E-state index is 0.0238. The van der Waals surface area contributed by atoms with E-state index in [1.54, 1.807) is 0 Å². The molecule has 1 aliphatic rings. The van der Waals surface area contributed by atoms with Gasteiger partial charge in [-0.05, 0) is 25.0 Å². The van der Waals surface area contributed by atoms with E-state index in [1.165, 1.54) is 7.11 Å². The number of aliphatic imine (C=N–C) groups is 1. The number of rotatable bonds is 5. The summed E-state index contributed by atoms with van der Waals surface area (Å²) in [5.74, 6) is 0.0386. The van der Waals surface area contributed by atoms with E-state index in [0.717, 1.165) is 11.0 Å². The number of carbonyl (C=O) groups excluding carboxylic acids is 2. The third-order valence-electron chi connectivity index (χ3n) is 4.33. The fourth-order valence-corrected chi connectivity index (χ4v) is 3.01. The Morgan fingerprint density at radius 3 is 2.88 bits per heavy atom. The molecule has 7 nitrogen and oxygen atoms in total. The fraction of sp³-hybridized carbons (Fsp3) is 0.368. The molecule has 1 fully saturated rings. The predicted molar refractivity (Wildman–Crippen MR) is 97.0 cm³/mol. The van der Waals surface area contributed by atoms with Gasteiger partial charge in [-0.2, -0.15) is 0 Å². The van der Waals surface area contributed by atoms with E-state index < -0.39 is 5.97 Å². The number of ether oxygens (including phenoxy) is 1. The molecule has 1 aromatic heterocycles. The van der Waals surface area contributed by atoms with Gasteiger partial charge in [-0.25, -0.2) is 4.98 Å². The Bertz CT molecular complexity index is 862. The number of allylic oxidation sites excluding steroid dienone is 2. The number of nitrogens with one attached hydrogen (secondary N) is 1. The Hall–Kier alpha value is -2.96. The van der Waals surface area contributed by atoms with E-state index in [2.05, 4.69) is 19.7 Å². The number of Topliss-reactive ketones (excluding diaryl/α,β-unsaturated/α-hetero) is 1. The number of aromatic amines is 1. The summed E-state index contributed by atoms with van der Waals surface area (Å²) in [6, 6.07) is 7.69. The second-order valence-corrected chi connectivity index (χ2v) is 6.14. The molecule has 1 aliphatic carbocycles. The summed E-state index contributed by atoms with van der Waals surface area (Å²) in [4.78, 5) is 35.7. The van der Waals surface area contributed by atoms with Gasteiger partial charge in [0, 0.05) is 18.6 Å². The molecule has 0 saturated heterocycles. The lowest BCUT2D eigenvalue weighted by molar-refractivity contribution is -0.140. The number of carbonyl (C=O) groups is 2. The third kappa shape index (κ3) is 3.99. The van der Waals surface area contributed by atoms with Crippen molar-refractivity contribution in [2.24, 2.45) is 4.99 Å². The first-order valence-corrected chi connectivity index (χ1v) is 8.58. The Morgan fingerprint density at radius 1 is 1.31 bits per heavy atom. The van der Waals surface area contributed by atoms with Crippen LogP contribution in [0, 0.1) is 0 Å². The largest absolute Gasteiger partial charge is 0.511 e. The van der Waals surface area contributed by atoms with Gasteiger partial charge in [0.15, 0.2) is 5.78 Å². The van der Waals surface area contributed by atoms with Gasteiger partial charge in [0.05, 0.1) is 36.7 Å². The molecule has 0 atom stereocenters. The molecule has 1 heterocycles. The number of aliphatic hydroxyl groups excluding tert-OH is 1. The van der Waals surface area contributed by atoms with Crippen LogP contribution >= 0.6 is 0 Å². The highest BCUT2D eigenvalue weighted by Gasteiger charge is 2.25. The Morgan fingerprint density at radius 2 is 2.12 bits per heavy atom. The molecule has 2 N–H and O–H groups in total. The van der Waals surface area contributed by atoms with Gasteiger partial charge in [0.1, 0.15) is 11.6 Å². The SMILES string of the molecule is COC(=O)CC/C(O)=C1/C(=O)CCCC1=NCc1nc2ccccc2[nH]1. The number of H-pyrrole nitrogens is 1. The van der Waals surface area contributed by atoms with Gasteiger partial charge < -0.3 is 14.8 Å². The second-order valence-electron chi connectivity index (χ2n) is 6.14. The quantitative estimate of drug-likeness (QED) is 0.487. The van der Waals surface area contributed by atoms with Gasteiger partial charge >= 0.3 is 5.97 Å². The number of esters is 1. The number of aromatic nitrogens is 2. The predicted octanol–water partition coefficient (Wildman–Crippen LogP) is 3.02. The van der Waals surface area contributed by atoms with Crippen molar-refractivity contribution in [3.8, 4) is 0 Å². The first-order valence-electron chi connectivity index (χ1n) is 8.58. The number of imidazole rings is 1. The van der Waals surface area contributed by atoms with Crippen LogP contribution in [0.4, 0.5) is 0 Å². The summed E-state index contributed by atoms with van der Waals surface area (Å²) in [5, 5.41) is 10.3. The average molecular weight is 355 g/mol. The molecule has 0 amide bonds. The molecule has 1 aromatic carbocycles. The van der Waals surface area contributed by atoms with Crippen LogP contribution in [0.5, 0.6) is 0 Å². The number of aliphatic hydroxyl groups is 1. The smallest absolute Gasteiger partial charge is 0.305 e. The topological polar surface area (TPSA) is 105 Å². The van der Waals surface area contributed by atoms with Crippen molar-refractivity contribution >= 4 is 28.5 Å². The van der Waals surface area contributed by atoms with Crippen molar-refractivity contribution in [1.29, 1.82) is 0 Å². The lowest BCUT2D eigenvalue weighted by atomic mass is 9.89. The zero-order valence-corrected chi connectivity index (χ0v) is 14.6. The number of benzene rings is 1. The van der Waals surface area contributed by atoms with Crippen LogP contribution in [-0.4, -0.2) is 39.6 Å². The maximum atomic E-state index is 12.3. The van der Waals surface area contributed by atoms with Gasteiger partial charge in [-0.1, -0.05) is 12.1 Å². The van der Waals surface area contributed by atoms with Gasteiger partial charge in [-0.15, -0.1) is 0 Å².